The van der Waals surface area contributed by atoms with Crippen molar-refractivity contribution < 1.29 is 19.1 Å². The molecule has 1 N–H and O–H groups in total. The van der Waals surface area contributed by atoms with Crippen LogP contribution in [0.5, 0.6) is 5.75 Å². The molecule has 0 saturated heterocycles. The molecule has 1 aromatic carbocycles. The summed E-state index contributed by atoms with van der Waals surface area (Å²) in [5.74, 6) is -0.874. The molecule has 5 heteroatoms. The third kappa shape index (κ3) is 4.70. The summed E-state index contributed by atoms with van der Waals surface area (Å²) in [6, 6.07) is 7.25. The molecule has 0 aromatic heterocycles. The van der Waals surface area contributed by atoms with E-state index in [0.29, 0.717) is 17.7 Å². The van der Waals surface area contributed by atoms with Gasteiger partial charge in [0.25, 0.3) is 0 Å². The van der Waals surface area contributed by atoms with E-state index in [-0.39, 0.29) is 11.5 Å². The van der Waals surface area contributed by atoms with E-state index < -0.39 is 20.2 Å². The number of hydrogen-bond acceptors (Lipinski definition) is 3. The zero-order valence-corrected chi connectivity index (χ0v) is 15.1. The molecule has 1 aromatic rings. The van der Waals surface area contributed by atoms with Gasteiger partial charge in [-0.25, -0.2) is 0 Å². The first-order valence-electron chi connectivity index (χ1n) is 7.54. The predicted molar refractivity (Wildman–Crippen MR) is 89.9 cm³/mol. The van der Waals surface area contributed by atoms with Crippen LogP contribution in [-0.2, 0) is 9.59 Å². The third-order valence-electron chi connectivity index (χ3n) is 4.31. The summed E-state index contributed by atoms with van der Waals surface area (Å²) in [7, 11) is -1.96. The fourth-order valence-electron chi connectivity index (χ4n) is 1.91. The van der Waals surface area contributed by atoms with E-state index in [2.05, 4.69) is 33.9 Å². The Bertz CT molecular complexity index is 532. The lowest BCUT2D eigenvalue weighted by molar-refractivity contribution is -0.139. The Morgan fingerprint density at radius 1 is 1.36 bits per heavy atom. The number of carboxylic acids is 1. The lowest BCUT2D eigenvalue weighted by Crippen LogP contribution is -2.43. The van der Waals surface area contributed by atoms with E-state index >= 15 is 0 Å². The molecule has 0 aliphatic rings. The van der Waals surface area contributed by atoms with Crippen molar-refractivity contribution in [1.29, 1.82) is 0 Å². The van der Waals surface area contributed by atoms with Crippen LogP contribution in [0.15, 0.2) is 24.3 Å². The van der Waals surface area contributed by atoms with Gasteiger partial charge in [0, 0.05) is 6.42 Å². The normalized spacial score (nSPS) is 13.5. The van der Waals surface area contributed by atoms with Crippen molar-refractivity contribution in [3.05, 3.63) is 29.8 Å². The highest BCUT2D eigenvalue weighted by Gasteiger charge is 2.39. The second-order valence-corrected chi connectivity index (χ2v) is 11.8. The van der Waals surface area contributed by atoms with Gasteiger partial charge in [0.1, 0.15) is 12.0 Å². The van der Waals surface area contributed by atoms with E-state index in [1.165, 1.54) is 0 Å². The van der Waals surface area contributed by atoms with Crippen LogP contribution in [0.1, 0.15) is 45.1 Å². The van der Waals surface area contributed by atoms with Crippen molar-refractivity contribution in [1.82, 2.24) is 0 Å². The minimum atomic E-state index is -1.96. The summed E-state index contributed by atoms with van der Waals surface area (Å²) in [6.45, 7) is 10.8. The van der Waals surface area contributed by atoms with Crippen LogP contribution in [0.4, 0.5) is 0 Å². The Hall–Kier alpha value is -1.62. The second-order valence-electron chi connectivity index (χ2n) is 7.07. The maximum atomic E-state index is 11.4. The van der Waals surface area contributed by atoms with Crippen LogP contribution in [0, 0.1) is 0 Å². The Kier molecular flexibility index (Phi) is 5.94. The van der Waals surface area contributed by atoms with E-state index in [9.17, 15) is 14.7 Å². The maximum absolute atomic E-state index is 11.4. The first-order chi connectivity index (χ1) is 10.1. The molecule has 0 saturated carbocycles. The van der Waals surface area contributed by atoms with Crippen LogP contribution >= 0.6 is 0 Å². The molecule has 22 heavy (non-hydrogen) atoms. The summed E-state index contributed by atoms with van der Waals surface area (Å²) < 4.78 is 6.22. The molecule has 0 radical (unpaired) electrons. The zero-order valence-electron chi connectivity index (χ0n) is 14.1. The van der Waals surface area contributed by atoms with E-state index in [1.54, 1.807) is 12.1 Å². The molecule has 1 unspecified atom stereocenters. The number of aliphatic carboxylic acids is 1. The van der Waals surface area contributed by atoms with Crippen molar-refractivity contribution in [3.8, 4) is 5.75 Å². The fraction of sp³-hybridized carbons (Fsp3) is 0.529. The Balaban J connectivity index is 3.02. The third-order valence-corrected chi connectivity index (χ3v) is 8.67. The molecule has 0 spiro atoms. The van der Waals surface area contributed by atoms with E-state index in [1.807, 2.05) is 12.1 Å². The largest absolute Gasteiger partial charge is 0.543 e. The predicted octanol–water partition coefficient (Wildman–Crippen LogP) is 4.22. The highest BCUT2D eigenvalue weighted by molar-refractivity contribution is 6.74. The minimum absolute atomic E-state index is 0.0761. The van der Waals surface area contributed by atoms with Gasteiger partial charge >= 0.3 is 5.97 Å². The molecule has 4 nitrogen and oxygen atoms in total. The molecular weight excluding hydrogens is 296 g/mol. The summed E-state index contributed by atoms with van der Waals surface area (Å²) in [5, 5.41) is 9.43. The van der Waals surface area contributed by atoms with Gasteiger partial charge in [0.05, 0.1) is 5.92 Å². The SMILES string of the molecule is CC(C)(C)[Si](C)(C)Oc1cccc(C(CCC=O)C(=O)O)c1. The summed E-state index contributed by atoms with van der Waals surface area (Å²) >= 11 is 0. The topological polar surface area (TPSA) is 63.6 Å². The molecule has 122 valence electrons. The van der Waals surface area contributed by atoms with Crippen LogP contribution in [0.2, 0.25) is 18.1 Å². The van der Waals surface area contributed by atoms with Crippen molar-refractivity contribution in [3.63, 3.8) is 0 Å². The summed E-state index contributed by atoms with van der Waals surface area (Å²) in [6.07, 6.45) is 1.30. The van der Waals surface area contributed by atoms with Crippen LogP contribution in [0.25, 0.3) is 0 Å². The Labute approximate surface area is 133 Å². The zero-order chi connectivity index (χ0) is 17.0. The molecule has 0 fully saturated rings. The van der Waals surface area contributed by atoms with Gasteiger partial charge in [0.15, 0.2) is 0 Å². The number of carbonyl (C=O) groups is 2. The molecular formula is C17H26O4Si. The van der Waals surface area contributed by atoms with Crippen molar-refractivity contribution >= 4 is 20.6 Å². The standard InChI is InChI=1S/C17H26O4Si/c1-17(2,3)22(4,5)21-14-9-6-8-13(12-14)15(16(19)20)10-7-11-18/h6,8-9,11-12,15H,7,10H2,1-5H3,(H,19,20). The average Bonchev–Trinajstić information content (AvgIpc) is 2.37. The Morgan fingerprint density at radius 3 is 2.50 bits per heavy atom. The molecule has 0 heterocycles. The van der Waals surface area contributed by atoms with Gasteiger partial charge in [-0.1, -0.05) is 32.9 Å². The van der Waals surface area contributed by atoms with Gasteiger partial charge in [-0.3, -0.25) is 4.79 Å². The molecule has 0 bridgehead atoms. The van der Waals surface area contributed by atoms with Gasteiger partial charge in [-0.15, -0.1) is 0 Å². The molecule has 1 atom stereocenters. The Morgan fingerprint density at radius 2 is 2.00 bits per heavy atom. The molecule has 0 aliphatic carbocycles. The molecule has 1 rings (SSSR count). The monoisotopic (exact) mass is 322 g/mol. The summed E-state index contributed by atoms with van der Waals surface area (Å²) in [4.78, 5) is 21.9. The first kappa shape index (κ1) is 18.4. The number of carbonyl (C=O) groups excluding carboxylic acids is 1. The lowest BCUT2D eigenvalue weighted by Gasteiger charge is -2.36. The maximum Gasteiger partial charge on any atom is 0.310 e. The second kappa shape index (κ2) is 7.09. The number of aldehydes is 1. The minimum Gasteiger partial charge on any atom is -0.543 e. The van der Waals surface area contributed by atoms with Crippen molar-refractivity contribution in [2.75, 3.05) is 0 Å². The molecule has 0 amide bonds. The summed E-state index contributed by atoms with van der Waals surface area (Å²) in [5.41, 5.74) is 0.686. The quantitative estimate of drug-likeness (QED) is 0.603. The van der Waals surface area contributed by atoms with E-state index in [0.717, 1.165) is 6.29 Å². The van der Waals surface area contributed by atoms with Gasteiger partial charge < -0.3 is 14.3 Å². The van der Waals surface area contributed by atoms with E-state index in [4.69, 9.17) is 4.43 Å². The molecule has 0 aliphatic heterocycles. The van der Waals surface area contributed by atoms with Crippen molar-refractivity contribution in [2.45, 2.75) is 57.7 Å². The van der Waals surface area contributed by atoms with Crippen LogP contribution in [0.3, 0.4) is 0 Å². The van der Waals surface area contributed by atoms with Gasteiger partial charge in [-0.05, 0) is 42.2 Å². The number of hydrogen-bond donors (Lipinski definition) is 1. The van der Waals surface area contributed by atoms with Crippen LogP contribution < -0.4 is 4.43 Å². The highest BCUT2D eigenvalue weighted by Crippen LogP contribution is 2.38. The number of rotatable bonds is 7. The fourth-order valence-corrected chi connectivity index (χ4v) is 2.93. The van der Waals surface area contributed by atoms with Crippen LogP contribution in [-0.4, -0.2) is 25.7 Å². The average molecular weight is 322 g/mol. The van der Waals surface area contributed by atoms with Gasteiger partial charge in [0.2, 0.25) is 8.32 Å². The van der Waals surface area contributed by atoms with Gasteiger partial charge in [-0.2, -0.15) is 0 Å². The number of benzene rings is 1. The number of carboxylic acid groups (broad SMARTS) is 1. The highest BCUT2D eigenvalue weighted by atomic mass is 28.4. The van der Waals surface area contributed by atoms with Crippen molar-refractivity contribution in [2.24, 2.45) is 0 Å². The first-order valence-corrected chi connectivity index (χ1v) is 10.4. The lowest BCUT2D eigenvalue weighted by atomic mass is 9.94. The smallest absolute Gasteiger partial charge is 0.310 e.